The zero-order valence-corrected chi connectivity index (χ0v) is 11.4. The van der Waals surface area contributed by atoms with E-state index in [1.807, 2.05) is 6.07 Å². The normalized spacial score (nSPS) is 12.0. The van der Waals surface area contributed by atoms with Crippen LogP contribution >= 0.6 is 11.6 Å². The van der Waals surface area contributed by atoms with E-state index < -0.39 is 6.04 Å². The first-order valence-corrected chi connectivity index (χ1v) is 5.98. The van der Waals surface area contributed by atoms with Crippen LogP contribution in [0.1, 0.15) is 17.3 Å². The predicted octanol–water partition coefficient (Wildman–Crippen LogP) is 2.20. The number of methoxy groups -OCH3 is 2. The van der Waals surface area contributed by atoms with Crippen LogP contribution in [0.2, 0.25) is 5.02 Å². The molecule has 1 heterocycles. The molecule has 1 unspecified atom stereocenters. The summed E-state index contributed by atoms with van der Waals surface area (Å²) in [7, 11) is 3.10. The Morgan fingerprint density at radius 2 is 1.95 bits per heavy atom. The third-order valence-corrected chi connectivity index (χ3v) is 3.04. The maximum Gasteiger partial charge on any atom is 0.216 e. The van der Waals surface area contributed by atoms with Crippen LogP contribution in [-0.2, 0) is 0 Å². The summed E-state index contributed by atoms with van der Waals surface area (Å²) in [4.78, 5) is 8.10. The molecule has 1 atom stereocenters. The molecule has 2 rings (SSSR count). The van der Waals surface area contributed by atoms with E-state index in [9.17, 15) is 0 Å². The lowest BCUT2D eigenvalue weighted by molar-refractivity contribution is 0.395. The van der Waals surface area contributed by atoms with E-state index in [1.54, 1.807) is 32.4 Å². The number of rotatable bonds is 4. The zero-order valence-electron chi connectivity index (χ0n) is 10.6. The highest BCUT2D eigenvalue weighted by Gasteiger charge is 2.13. The molecular weight excluding hydrogens is 266 g/mol. The Morgan fingerprint density at radius 1 is 1.16 bits per heavy atom. The number of hydrogen-bond donors (Lipinski definition) is 1. The van der Waals surface area contributed by atoms with Gasteiger partial charge in [-0.05, 0) is 17.7 Å². The quantitative estimate of drug-likeness (QED) is 0.929. The first-order valence-electron chi connectivity index (χ1n) is 5.60. The minimum Gasteiger partial charge on any atom is -0.495 e. The molecule has 2 N–H and O–H groups in total. The van der Waals surface area contributed by atoms with Gasteiger partial charge in [0.25, 0.3) is 0 Å². The van der Waals surface area contributed by atoms with Gasteiger partial charge in [0.15, 0.2) is 0 Å². The van der Waals surface area contributed by atoms with Crippen molar-refractivity contribution in [3.05, 3.63) is 46.9 Å². The van der Waals surface area contributed by atoms with E-state index >= 15 is 0 Å². The molecule has 1 aromatic heterocycles. The second-order valence-electron chi connectivity index (χ2n) is 3.86. The van der Waals surface area contributed by atoms with Crippen LogP contribution in [0.5, 0.6) is 11.6 Å². The molecule has 0 spiro atoms. The lowest BCUT2D eigenvalue weighted by Gasteiger charge is -2.13. The highest BCUT2D eigenvalue weighted by Crippen LogP contribution is 2.29. The summed E-state index contributed by atoms with van der Waals surface area (Å²) < 4.78 is 10.2. The molecule has 0 radical (unpaired) electrons. The Labute approximate surface area is 116 Å². The van der Waals surface area contributed by atoms with Crippen LogP contribution in [0.15, 0.2) is 30.6 Å². The second kappa shape index (κ2) is 5.86. The summed E-state index contributed by atoms with van der Waals surface area (Å²) in [6.45, 7) is 0. The van der Waals surface area contributed by atoms with Crippen molar-refractivity contribution in [2.24, 2.45) is 5.73 Å². The number of nitrogens with zero attached hydrogens (tertiary/aromatic N) is 2. The number of hydrogen-bond acceptors (Lipinski definition) is 5. The fourth-order valence-corrected chi connectivity index (χ4v) is 1.87. The Balaban J connectivity index is 2.35. The predicted molar refractivity (Wildman–Crippen MR) is 72.6 cm³/mol. The van der Waals surface area contributed by atoms with E-state index in [-0.39, 0.29) is 0 Å². The molecule has 0 saturated heterocycles. The lowest BCUT2D eigenvalue weighted by Crippen LogP contribution is -2.14. The number of nitrogens with two attached hydrogens (primary N) is 1. The molecule has 2 aromatic rings. The third kappa shape index (κ3) is 2.94. The van der Waals surface area contributed by atoms with Gasteiger partial charge in [0.1, 0.15) is 12.1 Å². The first kappa shape index (κ1) is 13.6. The van der Waals surface area contributed by atoms with Crippen molar-refractivity contribution >= 4 is 11.6 Å². The Bertz CT molecular complexity index is 578. The molecular formula is C13H14ClN3O2. The van der Waals surface area contributed by atoms with Gasteiger partial charge in [0, 0.05) is 6.07 Å². The zero-order chi connectivity index (χ0) is 13.8. The monoisotopic (exact) mass is 279 g/mol. The van der Waals surface area contributed by atoms with E-state index in [0.717, 1.165) is 5.56 Å². The summed E-state index contributed by atoms with van der Waals surface area (Å²) >= 11 is 5.98. The molecule has 0 bridgehead atoms. The van der Waals surface area contributed by atoms with Gasteiger partial charge in [-0.2, -0.15) is 0 Å². The smallest absolute Gasteiger partial charge is 0.216 e. The summed E-state index contributed by atoms with van der Waals surface area (Å²) in [6, 6.07) is 6.67. The van der Waals surface area contributed by atoms with Gasteiger partial charge in [-0.25, -0.2) is 9.97 Å². The number of benzene rings is 1. The molecule has 0 amide bonds. The summed E-state index contributed by atoms with van der Waals surface area (Å²) in [5, 5.41) is 0.540. The fourth-order valence-electron chi connectivity index (χ4n) is 1.68. The van der Waals surface area contributed by atoms with Crippen molar-refractivity contribution in [1.82, 2.24) is 9.97 Å². The number of aromatic nitrogens is 2. The highest BCUT2D eigenvalue weighted by molar-refractivity contribution is 6.32. The highest BCUT2D eigenvalue weighted by atomic mass is 35.5. The van der Waals surface area contributed by atoms with Crippen LogP contribution < -0.4 is 15.2 Å². The van der Waals surface area contributed by atoms with E-state index in [0.29, 0.717) is 22.3 Å². The Hall–Kier alpha value is -1.85. The average Bonchev–Trinajstić information content (AvgIpc) is 2.47. The van der Waals surface area contributed by atoms with Crippen LogP contribution in [0.25, 0.3) is 0 Å². The topological polar surface area (TPSA) is 70.3 Å². The van der Waals surface area contributed by atoms with Crippen LogP contribution in [-0.4, -0.2) is 24.2 Å². The molecule has 0 saturated carbocycles. The Morgan fingerprint density at radius 3 is 2.63 bits per heavy atom. The number of ether oxygens (including phenoxy) is 2. The largest absolute Gasteiger partial charge is 0.495 e. The fraction of sp³-hybridized carbons (Fsp3) is 0.231. The van der Waals surface area contributed by atoms with Crippen molar-refractivity contribution in [2.45, 2.75) is 6.04 Å². The molecule has 5 nitrogen and oxygen atoms in total. The lowest BCUT2D eigenvalue weighted by atomic mass is 10.0. The maximum atomic E-state index is 6.17. The van der Waals surface area contributed by atoms with Gasteiger partial charge in [0.2, 0.25) is 5.88 Å². The Kier molecular flexibility index (Phi) is 4.19. The molecule has 0 aliphatic rings. The van der Waals surface area contributed by atoms with Gasteiger partial charge in [-0.15, -0.1) is 0 Å². The molecule has 100 valence electrons. The van der Waals surface area contributed by atoms with Crippen molar-refractivity contribution < 1.29 is 9.47 Å². The van der Waals surface area contributed by atoms with Crippen molar-refractivity contribution in [2.75, 3.05) is 14.2 Å². The summed E-state index contributed by atoms with van der Waals surface area (Å²) in [5.74, 6) is 1.05. The summed E-state index contributed by atoms with van der Waals surface area (Å²) in [6.07, 6.45) is 1.42. The first-order chi connectivity index (χ1) is 9.15. The van der Waals surface area contributed by atoms with Gasteiger partial charge in [-0.1, -0.05) is 17.7 Å². The molecule has 0 aliphatic heterocycles. The van der Waals surface area contributed by atoms with Crippen LogP contribution in [0.4, 0.5) is 0 Å². The van der Waals surface area contributed by atoms with Gasteiger partial charge >= 0.3 is 0 Å². The van der Waals surface area contributed by atoms with Crippen molar-refractivity contribution in [3.63, 3.8) is 0 Å². The molecule has 6 heteroatoms. The van der Waals surface area contributed by atoms with Crippen LogP contribution in [0, 0.1) is 0 Å². The molecule has 0 fully saturated rings. The van der Waals surface area contributed by atoms with E-state index in [1.165, 1.54) is 6.33 Å². The summed E-state index contributed by atoms with van der Waals surface area (Å²) in [5.41, 5.74) is 7.68. The molecule has 0 aliphatic carbocycles. The SMILES string of the molecule is COc1cc(C(N)c2ccc(Cl)c(OC)c2)ncn1. The minimum absolute atomic E-state index is 0.400. The molecule has 1 aromatic carbocycles. The second-order valence-corrected chi connectivity index (χ2v) is 4.26. The third-order valence-electron chi connectivity index (χ3n) is 2.73. The van der Waals surface area contributed by atoms with Gasteiger partial charge < -0.3 is 15.2 Å². The number of halogens is 1. The van der Waals surface area contributed by atoms with Crippen molar-refractivity contribution in [3.8, 4) is 11.6 Å². The minimum atomic E-state index is -0.400. The van der Waals surface area contributed by atoms with E-state index in [2.05, 4.69) is 9.97 Å². The maximum absolute atomic E-state index is 6.17. The van der Waals surface area contributed by atoms with Crippen molar-refractivity contribution in [1.29, 1.82) is 0 Å². The van der Waals surface area contributed by atoms with E-state index in [4.69, 9.17) is 26.8 Å². The van der Waals surface area contributed by atoms with Crippen LogP contribution in [0.3, 0.4) is 0 Å². The van der Waals surface area contributed by atoms with Gasteiger partial charge in [0.05, 0.1) is 31.0 Å². The molecule has 19 heavy (non-hydrogen) atoms. The van der Waals surface area contributed by atoms with Gasteiger partial charge in [-0.3, -0.25) is 0 Å². The average molecular weight is 280 g/mol. The standard InChI is InChI=1S/C13H14ClN3O2/c1-18-11-5-8(3-4-9(11)14)13(15)10-6-12(19-2)17-7-16-10/h3-7,13H,15H2,1-2H3.